The number of hydrogen-bond donors (Lipinski definition) is 0. The summed E-state index contributed by atoms with van der Waals surface area (Å²) >= 11 is 0. The van der Waals surface area contributed by atoms with E-state index in [1.165, 1.54) is 9.80 Å². The summed E-state index contributed by atoms with van der Waals surface area (Å²) < 4.78 is 0. The molecular formula is C86H58Ir2N10O4. The van der Waals surface area contributed by atoms with E-state index in [0.29, 0.717) is 62.0 Å². The Morgan fingerprint density at radius 1 is 0.284 bits per heavy atom. The molecule has 14 rings (SSSR count). The van der Waals surface area contributed by atoms with Gasteiger partial charge in [0.1, 0.15) is 0 Å². The zero-order chi connectivity index (χ0) is 68.6. The summed E-state index contributed by atoms with van der Waals surface area (Å²) in [4.78, 5) is 92.7. The van der Waals surface area contributed by atoms with Gasteiger partial charge in [0.25, 0.3) is 0 Å². The molecule has 5 heterocycles. The van der Waals surface area contributed by atoms with Gasteiger partial charge in [-0.05, 0) is 140 Å². The molecule has 14 aromatic rings. The second-order valence-corrected chi connectivity index (χ2v) is 23.6. The number of anilines is 4. The molecule has 0 bridgehead atoms. The van der Waals surface area contributed by atoms with Crippen LogP contribution in [-0.4, -0.2) is 81.7 Å². The summed E-state index contributed by atoms with van der Waals surface area (Å²) in [5, 5.41) is 0. The molecule has 494 valence electrons. The van der Waals surface area contributed by atoms with Gasteiger partial charge in [-0.1, -0.05) is 103 Å². The average Bonchev–Trinajstić information content (AvgIpc) is 0.785. The second kappa shape index (κ2) is 31.4. The number of carbonyl (C=O) groups is 4. The summed E-state index contributed by atoms with van der Waals surface area (Å²) in [6.07, 6.45) is 10.4. The maximum atomic E-state index is 14.8. The topological polar surface area (TPSA) is 159 Å². The normalized spacial score (nSPS) is 10.7. The standard InChI is InChI=1S/C86H58N10O4.2Ir/c1-93(70-37-29-58(30-38-70)78-21-9-13-45-87-78)83(97)65-49-63(50-66(53-65)84(98)94(2)71-39-31-59(32-40-71)79-22-10-14-46-88-79)75-18-6-5-17-74(75)57-25-27-62(28-26-57)82-91-55-69(56-92-82)77-20-8-7-19-76(77)64-51-67(85(99)95(3)72-41-33-60(34-42-72)80-23-11-15-47-89-80)54-68(52-64)86(100)96(4)73-43-35-61(36-44-73)81-24-12-16-48-90-81;;/h5-26,29,31,33,35,37-56H,1-4H3;;/q-6;2*+3. The van der Waals surface area contributed by atoms with Crippen LogP contribution in [0.3, 0.4) is 0 Å². The monoisotopic (exact) mass is 1680 g/mol. The van der Waals surface area contributed by atoms with Gasteiger partial charge >= 0.3 is 40.2 Å². The molecule has 0 unspecified atom stereocenters. The van der Waals surface area contributed by atoms with Crippen molar-refractivity contribution in [2.24, 2.45) is 0 Å². The van der Waals surface area contributed by atoms with E-state index in [4.69, 9.17) is 9.97 Å². The van der Waals surface area contributed by atoms with Crippen LogP contribution in [0.2, 0.25) is 0 Å². The van der Waals surface area contributed by atoms with Crippen LogP contribution in [-0.2, 0) is 40.2 Å². The average molecular weight is 1680 g/mol. The zero-order valence-corrected chi connectivity index (χ0v) is 60.1. The molecular weight excluding hydrogens is 1620 g/mol. The number of amides is 4. The Morgan fingerprint density at radius 3 is 0.824 bits per heavy atom. The molecule has 0 radical (unpaired) electrons. The molecule has 16 heteroatoms. The molecule has 14 nitrogen and oxygen atoms in total. The summed E-state index contributed by atoms with van der Waals surface area (Å²) in [6, 6.07) is 94.1. The van der Waals surface area contributed by atoms with Gasteiger partial charge in [-0.3, -0.25) is 31.3 Å². The smallest absolute Gasteiger partial charge is 0.351 e. The van der Waals surface area contributed by atoms with Gasteiger partial charge in [0.15, 0.2) is 0 Å². The molecule has 5 aromatic heterocycles. The number of pyridine rings is 4. The van der Waals surface area contributed by atoms with E-state index in [2.05, 4.69) is 56.3 Å². The summed E-state index contributed by atoms with van der Waals surface area (Å²) in [6.45, 7) is 0. The summed E-state index contributed by atoms with van der Waals surface area (Å²) in [5.74, 6) is -0.983. The third kappa shape index (κ3) is 15.0. The Hall–Kier alpha value is -12.2. The summed E-state index contributed by atoms with van der Waals surface area (Å²) in [5.41, 5.74) is 16.0. The van der Waals surface area contributed by atoms with Crippen molar-refractivity contribution in [3.8, 4) is 101 Å². The van der Waals surface area contributed by atoms with Crippen molar-refractivity contribution < 1.29 is 59.4 Å². The van der Waals surface area contributed by atoms with Gasteiger partial charge in [0, 0.05) is 93.2 Å². The molecule has 0 aliphatic rings. The minimum Gasteiger partial charge on any atom is -0.351 e. The van der Waals surface area contributed by atoms with Gasteiger partial charge < -0.3 is 49.5 Å². The summed E-state index contributed by atoms with van der Waals surface area (Å²) in [7, 11) is 6.79. The minimum absolute atomic E-state index is 0. The van der Waals surface area contributed by atoms with E-state index in [-0.39, 0.29) is 75.0 Å². The van der Waals surface area contributed by atoms with Crippen LogP contribution in [0.15, 0.2) is 280 Å². The van der Waals surface area contributed by atoms with Gasteiger partial charge in [-0.2, -0.15) is 5.56 Å². The largest absolute Gasteiger partial charge is 3.00 e. The molecule has 9 aromatic carbocycles. The zero-order valence-electron chi connectivity index (χ0n) is 55.3. The van der Waals surface area contributed by atoms with Crippen molar-refractivity contribution in [2.75, 3.05) is 47.8 Å². The van der Waals surface area contributed by atoms with Crippen molar-refractivity contribution in [2.45, 2.75) is 0 Å². The van der Waals surface area contributed by atoms with Crippen molar-refractivity contribution in [1.29, 1.82) is 0 Å². The van der Waals surface area contributed by atoms with Crippen LogP contribution in [0.25, 0.3) is 101 Å². The quantitative estimate of drug-likeness (QED) is 0.0803. The number of carbonyl (C=O) groups excluding carboxylic acids is 4. The van der Waals surface area contributed by atoms with Gasteiger partial charge in [-0.25, -0.2) is 17.7 Å². The minimum atomic E-state index is -0.342. The Morgan fingerprint density at radius 2 is 0.559 bits per heavy atom. The van der Waals surface area contributed by atoms with Crippen molar-refractivity contribution in [3.05, 3.63) is 338 Å². The van der Waals surface area contributed by atoms with Crippen LogP contribution in [0.1, 0.15) is 41.4 Å². The third-order valence-electron chi connectivity index (χ3n) is 17.3. The molecule has 102 heavy (non-hydrogen) atoms. The molecule has 0 fully saturated rings. The number of aromatic nitrogens is 6. The molecule has 0 aliphatic heterocycles. The van der Waals surface area contributed by atoms with E-state index in [1.54, 1.807) is 124 Å². The van der Waals surface area contributed by atoms with Crippen LogP contribution in [0, 0.1) is 36.4 Å². The van der Waals surface area contributed by atoms with Crippen LogP contribution in [0.4, 0.5) is 22.7 Å². The van der Waals surface area contributed by atoms with Crippen LogP contribution in [0.5, 0.6) is 0 Å². The first-order valence-corrected chi connectivity index (χ1v) is 32.0. The Bertz CT molecular complexity index is 4720. The molecule has 0 aliphatic carbocycles. The van der Waals surface area contributed by atoms with E-state index >= 15 is 0 Å². The second-order valence-electron chi connectivity index (χ2n) is 23.6. The number of hydrogen-bond acceptors (Lipinski definition) is 10. The first-order valence-electron chi connectivity index (χ1n) is 32.0. The van der Waals surface area contributed by atoms with Crippen LogP contribution < -0.4 is 19.6 Å². The number of benzene rings is 9. The first kappa shape index (κ1) is 69.7. The fourth-order valence-electron chi connectivity index (χ4n) is 11.8. The van der Waals surface area contributed by atoms with Crippen LogP contribution >= 0.6 is 0 Å². The van der Waals surface area contributed by atoms with Gasteiger partial charge in [0.05, 0.1) is 0 Å². The molecule has 4 amide bonds. The first-order chi connectivity index (χ1) is 48.9. The molecule has 0 atom stereocenters. The molecule has 0 saturated heterocycles. The predicted molar refractivity (Wildman–Crippen MR) is 392 cm³/mol. The number of nitrogens with zero attached hydrogens (tertiary/aromatic N) is 10. The van der Waals surface area contributed by atoms with E-state index in [9.17, 15) is 19.2 Å². The fraction of sp³-hybridized carbons (Fsp3) is 0.0465. The maximum Gasteiger partial charge on any atom is 3.00 e. The Kier molecular flexibility index (Phi) is 21.4. The predicted octanol–water partition coefficient (Wildman–Crippen LogP) is 17.0. The van der Waals surface area contributed by atoms with E-state index in [0.717, 1.165) is 72.8 Å². The SMILES string of the molecule is CN(C(=O)c1cc(C(=O)N(C)c2c[c-]c(-c3ccccn3)cc2)cc(-c2ccccc2-c2c[c-]c(-c3ncc(-c4ccccc4-c4cc(C(=O)N(C)c5c[c-]c(-c6ccccn6)cc5)cc(C(=O)N(C)c5c[c-]c(-c6ccccn6)cc5)c4)cn3)[c-]c2)c1)c1c[c-]c(-c2ccccn2)cc1.[Ir+3].[Ir+3]. The van der Waals surface area contributed by atoms with Crippen molar-refractivity contribution in [1.82, 2.24) is 29.9 Å². The molecule has 0 N–H and O–H groups in total. The van der Waals surface area contributed by atoms with E-state index < -0.39 is 0 Å². The third-order valence-corrected chi connectivity index (χ3v) is 17.3. The van der Waals surface area contributed by atoms with Gasteiger partial charge in [-0.15, -0.1) is 119 Å². The maximum absolute atomic E-state index is 14.8. The van der Waals surface area contributed by atoms with Gasteiger partial charge in [0.2, 0.25) is 23.6 Å². The molecule has 0 spiro atoms. The molecule has 0 saturated carbocycles. The van der Waals surface area contributed by atoms with Crippen molar-refractivity contribution >= 4 is 46.4 Å². The van der Waals surface area contributed by atoms with Crippen molar-refractivity contribution in [3.63, 3.8) is 0 Å². The number of rotatable bonds is 17. The Labute approximate surface area is 618 Å². The van der Waals surface area contributed by atoms with E-state index in [1.807, 2.05) is 194 Å². The Balaban J connectivity index is 0.00000491. The fourth-order valence-corrected chi connectivity index (χ4v) is 11.8.